The number of aryl methyl sites for hydroxylation is 2. The van der Waals surface area contributed by atoms with Gasteiger partial charge in [-0.2, -0.15) is 0 Å². The minimum atomic E-state index is -1.80. The quantitative estimate of drug-likeness (QED) is 0.0323. The zero-order valence-electron chi connectivity index (χ0n) is 46.1. The van der Waals surface area contributed by atoms with Crippen LogP contribution in [0.1, 0.15) is 84.7 Å². The van der Waals surface area contributed by atoms with Gasteiger partial charge in [0.1, 0.15) is 34.2 Å². The van der Waals surface area contributed by atoms with Crippen LogP contribution in [-0.4, -0.2) is 142 Å². The first kappa shape index (κ1) is 55.3. The summed E-state index contributed by atoms with van der Waals surface area (Å²) in [5.74, 6) is -5.92. The molecule has 8 aliphatic rings. The number of aldehydes is 1. The molecule has 11 atom stereocenters. The summed E-state index contributed by atoms with van der Waals surface area (Å²) in [5, 5.41) is 74.6. The van der Waals surface area contributed by atoms with E-state index in [2.05, 4.69) is 16.0 Å². The van der Waals surface area contributed by atoms with E-state index in [4.69, 9.17) is 23.7 Å². The lowest BCUT2D eigenvalue weighted by molar-refractivity contribution is -0.206. The molecule has 4 aliphatic carbocycles. The number of aliphatic hydroxyl groups excluding tert-OH is 4. The third kappa shape index (κ3) is 9.16. The van der Waals surface area contributed by atoms with Gasteiger partial charge in [0.2, 0.25) is 5.76 Å². The number of methoxy groups -OCH3 is 1. The highest BCUT2D eigenvalue weighted by Gasteiger charge is 2.71. The van der Waals surface area contributed by atoms with Gasteiger partial charge in [0.15, 0.2) is 11.9 Å². The standard InChI is InChI=1S/C65H74N2O14/c1-3-78-62(74)61-49(34-71)54-42-24-44(33-70)57(73)47(26-42)46-25-40-15-20-66-53(40)28-39(46)11-10-38(31-68)36-79-59-48-29-64(81-58(48)50(35-72)60(80-61)55(54)59)19-14-45-41(32-69)13-18-63(75,17-12-37-8-5-4-6-9-37)52-27-43-30-67(21-7-23-77-2)22-16-51(43)65(64,76)56(45)52/h4-6,8-9,13-15,18-20,25,27-28,34,38,41,43-45,47,51,56,66,68-70,72,75-76H,3,7,10-12,16-17,21-24,26,29-33,35-36H2,1-2H3. The molecule has 16 nitrogen and oxygen atoms in total. The molecule has 428 valence electrons. The first-order valence-corrected chi connectivity index (χ1v) is 29.0. The van der Waals surface area contributed by atoms with Gasteiger partial charge in [-0.3, -0.25) is 9.59 Å². The van der Waals surface area contributed by atoms with Gasteiger partial charge in [0.05, 0.1) is 43.1 Å². The van der Waals surface area contributed by atoms with Crippen LogP contribution in [0.3, 0.4) is 0 Å². The number of nitrogens with zero attached hydrogens (tertiary/aromatic N) is 1. The number of nitrogens with one attached hydrogen (secondary N) is 1. The van der Waals surface area contributed by atoms with E-state index in [0.717, 1.165) is 40.6 Å². The third-order valence-corrected chi connectivity index (χ3v) is 19.4. The predicted octanol–water partition coefficient (Wildman–Crippen LogP) is 6.17. The first-order valence-electron chi connectivity index (χ1n) is 29.0. The highest BCUT2D eigenvalue weighted by atomic mass is 16.6. The molecule has 7 N–H and O–H groups in total. The Morgan fingerprint density at radius 2 is 1.81 bits per heavy atom. The summed E-state index contributed by atoms with van der Waals surface area (Å²) in [7, 11) is 1.69. The zero-order valence-corrected chi connectivity index (χ0v) is 46.1. The smallest absolute Gasteiger partial charge is 0.375 e. The maximum Gasteiger partial charge on any atom is 0.375 e. The van der Waals surface area contributed by atoms with E-state index in [0.29, 0.717) is 74.8 Å². The van der Waals surface area contributed by atoms with Crippen LogP contribution in [-0.2, 0) is 49.7 Å². The van der Waals surface area contributed by atoms with Gasteiger partial charge in [0.25, 0.3) is 0 Å². The topological polar surface area (TPSA) is 238 Å². The number of aromatic nitrogens is 1. The number of carbonyl (C=O) groups is 3. The number of hydrogen-bond acceptors (Lipinski definition) is 15. The number of likely N-dealkylation sites (tertiary alicyclic amines) is 1. The van der Waals surface area contributed by atoms with Crippen molar-refractivity contribution in [2.24, 2.45) is 41.4 Å². The van der Waals surface area contributed by atoms with Crippen molar-refractivity contribution in [3.05, 3.63) is 141 Å². The van der Waals surface area contributed by atoms with Gasteiger partial charge >= 0.3 is 5.97 Å². The average molecular weight is 1110 g/mol. The Bertz CT molecular complexity index is 3280. The number of allylic oxidation sites excluding steroid dienone is 4. The molecule has 1 saturated heterocycles. The van der Waals surface area contributed by atoms with Crippen molar-refractivity contribution in [1.29, 1.82) is 0 Å². The summed E-state index contributed by atoms with van der Waals surface area (Å²) in [4.78, 5) is 48.7. The van der Waals surface area contributed by atoms with Crippen LogP contribution in [0.25, 0.3) is 16.5 Å². The zero-order chi connectivity index (χ0) is 56.4. The molecule has 1 aromatic heterocycles. The number of esters is 1. The van der Waals surface area contributed by atoms with Crippen molar-refractivity contribution in [2.75, 3.05) is 66.4 Å². The average Bonchev–Trinajstić information content (AvgIpc) is 3.94. The summed E-state index contributed by atoms with van der Waals surface area (Å²) in [6.45, 7) is 2.40. The van der Waals surface area contributed by atoms with Crippen LogP contribution in [0, 0.1) is 41.4 Å². The van der Waals surface area contributed by atoms with E-state index in [9.17, 15) is 45.0 Å². The predicted molar refractivity (Wildman–Crippen MR) is 300 cm³/mol. The number of piperidine rings is 1. The number of aromatic amines is 1. The van der Waals surface area contributed by atoms with Crippen molar-refractivity contribution in [1.82, 2.24) is 9.88 Å². The van der Waals surface area contributed by atoms with E-state index in [1.165, 1.54) is 0 Å². The maximum absolute atomic E-state index is 14.9. The second-order valence-electron chi connectivity index (χ2n) is 23.7. The third-order valence-electron chi connectivity index (χ3n) is 19.4. The SMILES string of the molecule is CCOC(=O)C1=C(C=O)C2=C3CC(CO)C(=O)C(C3)c3cc4cc[nH]c4cc3CCC(CO)COc3c4c(c(CO)c(c32)O1)OC1(C=CC2C(CO)C=CC(O)(CCc3ccccc3)C3=CC5CN(CCCOC)CCC5C1(O)C32)C4. The van der Waals surface area contributed by atoms with Gasteiger partial charge in [0, 0.05) is 105 Å². The van der Waals surface area contributed by atoms with Crippen LogP contribution in [0.2, 0.25) is 0 Å². The molecule has 1 spiro atoms. The molecular formula is C65H74N2O14. The van der Waals surface area contributed by atoms with Crippen molar-refractivity contribution in [3.8, 4) is 17.2 Å². The lowest BCUT2D eigenvalue weighted by Crippen LogP contribution is -2.72. The number of Topliss-reactive ketones (excluding diaryl/α,β-unsaturated/α-hetero) is 1. The number of ether oxygens (including phenoxy) is 5. The number of ketones is 1. The fraction of sp³-hybridized carbons (Fsp3) is 0.492. The van der Waals surface area contributed by atoms with Gasteiger partial charge in [-0.25, -0.2) is 4.79 Å². The Hall–Kier alpha value is -6.21. The lowest BCUT2D eigenvalue weighted by Gasteiger charge is -2.62. The van der Waals surface area contributed by atoms with Crippen molar-refractivity contribution >= 4 is 34.5 Å². The Kier molecular flexibility index (Phi) is 15.1. The molecule has 81 heavy (non-hydrogen) atoms. The Morgan fingerprint density at radius 1 is 0.975 bits per heavy atom. The summed E-state index contributed by atoms with van der Waals surface area (Å²) in [6.07, 6.45) is 15.4. The number of aliphatic hydroxyl groups is 6. The van der Waals surface area contributed by atoms with Gasteiger partial charge in [-0.1, -0.05) is 60.2 Å². The second-order valence-corrected chi connectivity index (χ2v) is 23.7. The number of hydrogen-bond donors (Lipinski definition) is 7. The molecule has 3 aromatic carbocycles. The molecule has 4 aromatic rings. The molecule has 1 saturated carbocycles. The normalized spacial score (nSPS) is 31.2. The number of rotatable bonds is 14. The summed E-state index contributed by atoms with van der Waals surface area (Å²) < 4.78 is 32.4. The van der Waals surface area contributed by atoms with Gasteiger partial charge in [-0.15, -0.1) is 0 Å². The Morgan fingerprint density at radius 3 is 2.57 bits per heavy atom. The fourth-order valence-electron chi connectivity index (χ4n) is 15.5. The number of benzene rings is 3. The molecule has 2 bridgehead atoms. The van der Waals surface area contributed by atoms with Crippen molar-refractivity contribution in [3.63, 3.8) is 0 Å². The molecular weight excluding hydrogens is 1030 g/mol. The summed E-state index contributed by atoms with van der Waals surface area (Å²) in [5.41, 5.74) is 0.675. The highest BCUT2D eigenvalue weighted by Crippen LogP contribution is 2.66. The van der Waals surface area contributed by atoms with E-state index >= 15 is 0 Å². The molecule has 0 radical (unpaired) electrons. The van der Waals surface area contributed by atoms with Crippen LogP contribution >= 0.6 is 0 Å². The largest absolute Gasteiger partial charge is 0.492 e. The van der Waals surface area contributed by atoms with E-state index < -0.39 is 83.2 Å². The van der Waals surface area contributed by atoms with Crippen molar-refractivity contribution in [2.45, 2.75) is 94.0 Å². The monoisotopic (exact) mass is 1110 g/mol. The molecule has 5 heterocycles. The van der Waals surface area contributed by atoms with Crippen LogP contribution in [0.5, 0.6) is 17.2 Å². The second kappa shape index (κ2) is 22.2. The molecule has 0 amide bonds. The highest BCUT2D eigenvalue weighted by molar-refractivity contribution is 6.11. The molecule has 2 fully saturated rings. The Labute approximate surface area is 471 Å². The summed E-state index contributed by atoms with van der Waals surface area (Å²) in [6, 6.07) is 15.9. The minimum absolute atomic E-state index is 0.0138. The molecule has 11 unspecified atom stereocenters. The van der Waals surface area contributed by atoms with Gasteiger partial charge in [-0.05, 0) is 129 Å². The first-order chi connectivity index (χ1) is 39.4. The summed E-state index contributed by atoms with van der Waals surface area (Å²) >= 11 is 0. The van der Waals surface area contributed by atoms with Crippen molar-refractivity contribution < 1.29 is 68.7 Å². The van der Waals surface area contributed by atoms with Crippen LogP contribution in [0.4, 0.5) is 0 Å². The van der Waals surface area contributed by atoms with Crippen LogP contribution < -0.4 is 14.2 Å². The molecule has 16 heteroatoms. The maximum atomic E-state index is 14.9. The van der Waals surface area contributed by atoms with Crippen LogP contribution in [0.15, 0.2) is 108 Å². The number of H-pyrrole nitrogens is 1. The Balaban J connectivity index is 1.08. The van der Waals surface area contributed by atoms with E-state index in [1.807, 2.05) is 79.0 Å². The number of carbonyl (C=O) groups excluding carboxylic acids is 3. The number of fused-ring (bicyclic) bond motifs is 10. The van der Waals surface area contributed by atoms with E-state index in [1.54, 1.807) is 14.0 Å². The fourth-order valence-corrected chi connectivity index (χ4v) is 15.5. The molecule has 12 rings (SSSR count). The van der Waals surface area contributed by atoms with E-state index in [-0.39, 0.29) is 96.9 Å². The van der Waals surface area contributed by atoms with Gasteiger partial charge < -0.3 is 64.2 Å². The molecule has 4 aliphatic heterocycles. The minimum Gasteiger partial charge on any atom is -0.492 e. The lowest BCUT2D eigenvalue weighted by atomic mass is 9.48.